The average Bonchev–Trinajstić information content (AvgIpc) is 4.00. The summed E-state index contributed by atoms with van der Waals surface area (Å²) >= 11 is 1.85. The molecule has 0 bridgehead atoms. The molecule has 0 amide bonds. The van der Waals surface area contributed by atoms with Crippen LogP contribution in [0.1, 0.15) is 54.9 Å². The molecule has 0 saturated carbocycles. The second kappa shape index (κ2) is 27.2. The Morgan fingerprint density at radius 1 is 0.464 bits per heavy atom. The van der Waals surface area contributed by atoms with Crippen molar-refractivity contribution in [3.8, 4) is 29.7 Å². The summed E-state index contributed by atoms with van der Waals surface area (Å²) in [6.45, 7) is 19.1. The highest BCUT2D eigenvalue weighted by Gasteiger charge is 2.11. The summed E-state index contributed by atoms with van der Waals surface area (Å²) in [6.07, 6.45) is 8.82. The SMILES string of the molecule is C#Cc1ccc(C)cc1.COc1ccc(C)cn1.Cc1cc2ccccc2s1.Cc1ccc(C)c(C)c1.Cc1ccc2c(c1)OCO2.Cc1ccc2ccccc2c1.Cc1cnc2ccccc2c1. The third kappa shape index (κ3) is 17.8. The number of pyridine rings is 2. The van der Waals surface area contributed by atoms with Gasteiger partial charge in [0.1, 0.15) is 0 Å². The van der Waals surface area contributed by atoms with Crippen LogP contribution in [-0.4, -0.2) is 23.9 Å². The fourth-order valence-electron chi connectivity index (χ4n) is 6.72. The molecule has 7 aromatic carbocycles. The summed E-state index contributed by atoms with van der Waals surface area (Å²) < 4.78 is 16.5. The standard InChI is InChI=1S/C11H10.C10H9N.C9H8S.C9H12.C9H8.C8H8O2.C7H9NO/c1-9-6-7-10-4-2-3-5-11(10)8-9;1-8-6-9-4-2-3-5-10(9)11-7-8;1-7-6-8-4-2-3-5-9(8)10-7;1-7-4-5-8(2)9(3)6-7;1-3-9-6-4-8(2)5-7-9;1-6-2-3-7-8(4-6)10-5-9-7;1-6-3-4-7(9-2)8-5-6/h2-8H,1H3;2-7H,1H3;2-6H,1H3;4-6H,1-3H3;1,4-7H,2H3;2-4H,5H2,1H3;3-5H,1-2H3. The highest BCUT2D eigenvalue weighted by Crippen LogP contribution is 2.32. The Labute approximate surface area is 414 Å². The Balaban J connectivity index is 0.000000150. The van der Waals surface area contributed by atoms with Gasteiger partial charge in [-0.2, -0.15) is 0 Å². The molecule has 3 aromatic heterocycles. The zero-order valence-corrected chi connectivity index (χ0v) is 42.5. The van der Waals surface area contributed by atoms with Gasteiger partial charge in [-0.25, -0.2) is 4.98 Å². The minimum Gasteiger partial charge on any atom is -0.481 e. The third-order valence-electron chi connectivity index (χ3n) is 10.7. The molecule has 5 nitrogen and oxygen atoms in total. The number of hydrogen-bond donors (Lipinski definition) is 0. The molecule has 0 fully saturated rings. The summed E-state index contributed by atoms with van der Waals surface area (Å²) in [7, 11) is 1.61. The lowest BCUT2D eigenvalue weighted by Crippen LogP contribution is -1.92. The maximum atomic E-state index is 5.16. The minimum atomic E-state index is 0.360. The summed E-state index contributed by atoms with van der Waals surface area (Å²) in [5.74, 6) is 4.93. The van der Waals surface area contributed by atoms with Crippen LogP contribution in [0.25, 0.3) is 31.8 Å². The monoisotopic (exact) mass is 928 g/mol. The fourth-order valence-corrected chi connectivity index (χ4v) is 7.65. The molecule has 0 N–H and O–H groups in total. The van der Waals surface area contributed by atoms with Gasteiger partial charge in [0.15, 0.2) is 11.5 Å². The van der Waals surface area contributed by atoms with E-state index in [2.05, 4.69) is 161 Å². The minimum absolute atomic E-state index is 0.360. The van der Waals surface area contributed by atoms with Gasteiger partial charge in [0.05, 0.1) is 12.6 Å². The summed E-state index contributed by atoms with van der Waals surface area (Å²) in [4.78, 5) is 9.65. The van der Waals surface area contributed by atoms with Crippen molar-refractivity contribution in [1.82, 2.24) is 9.97 Å². The second-order valence-corrected chi connectivity index (χ2v) is 18.1. The van der Waals surface area contributed by atoms with E-state index in [0.29, 0.717) is 12.7 Å². The molecule has 11 rings (SSSR count). The molecule has 0 saturated heterocycles. The van der Waals surface area contributed by atoms with Crippen LogP contribution in [-0.2, 0) is 0 Å². The number of rotatable bonds is 1. The molecule has 1 aliphatic heterocycles. The number of aryl methyl sites for hydroxylation is 9. The molecule has 0 spiro atoms. The first kappa shape index (κ1) is 52.3. The van der Waals surface area contributed by atoms with Crippen LogP contribution < -0.4 is 14.2 Å². The van der Waals surface area contributed by atoms with Crippen molar-refractivity contribution in [3.05, 3.63) is 243 Å². The smallest absolute Gasteiger partial charge is 0.231 e. The average molecular weight is 929 g/mol. The summed E-state index contributed by atoms with van der Waals surface area (Å²) in [6, 6.07) is 60.0. The first-order valence-electron chi connectivity index (χ1n) is 22.9. The Bertz CT molecular complexity index is 3070. The van der Waals surface area contributed by atoms with E-state index in [1.165, 1.54) is 70.1 Å². The van der Waals surface area contributed by atoms with Crippen molar-refractivity contribution < 1.29 is 14.2 Å². The van der Waals surface area contributed by atoms with Crippen LogP contribution in [0.3, 0.4) is 0 Å². The number of methoxy groups -OCH3 is 1. The predicted molar refractivity (Wildman–Crippen MR) is 294 cm³/mol. The molecule has 0 unspecified atom stereocenters. The van der Waals surface area contributed by atoms with Crippen molar-refractivity contribution in [2.24, 2.45) is 0 Å². The van der Waals surface area contributed by atoms with Crippen LogP contribution in [0.15, 0.2) is 188 Å². The highest BCUT2D eigenvalue weighted by atomic mass is 32.1. The molecule has 4 heterocycles. The van der Waals surface area contributed by atoms with Crippen LogP contribution in [0.4, 0.5) is 0 Å². The van der Waals surface area contributed by atoms with Crippen LogP contribution in [0.2, 0.25) is 0 Å². The van der Waals surface area contributed by atoms with Gasteiger partial charge >= 0.3 is 0 Å². The van der Waals surface area contributed by atoms with Gasteiger partial charge in [0.25, 0.3) is 0 Å². The lowest BCUT2D eigenvalue weighted by atomic mass is 10.1. The lowest BCUT2D eigenvalue weighted by molar-refractivity contribution is 0.174. The van der Waals surface area contributed by atoms with E-state index in [0.717, 1.165) is 28.1 Å². The fraction of sp³-hybridized carbons (Fsp3) is 0.175. The van der Waals surface area contributed by atoms with Crippen molar-refractivity contribution >= 4 is 43.1 Å². The van der Waals surface area contributed by atoms with E-state index >= 15 is 0 Å². The molecule has 0 atom stereocenters. The van der Waals surface area contributed by atoms with Gasteiger partial charge in [-0.05, 0) is 155 Å². The third-order valence-corrected chi connectivity index (χ3v) is 11.7. The number of hydrogen-bond acceptors (Lipinski definition) is 6. The molecule has 0 radical (unpaired) electrons. The van der Waals surface area contributed by atoms with Crippen LogP contribution in [0, 0.1) is 74.7 Å². The Kier molecular flexibility index (Phi) is 20.6. The molecule has 1 aliphatic rings. The zero-order valence-electron chi connectivity index (χ0n) is 41.7. The lowest BCUT2D eigenvalue weighted by Gasteiger charge is -1.98. The largest absolute Gasteiger partial charge is 0.481 e. The Morgan fingerprint density at radius 2 is 1.03 bits per heavy atom. The van der Waals surface area contributed by atoms with E-state index in [9.17, 15) is 0 Å². The molecular weight excluding hydrogens is 865 g/mol. The van der Waals surface area contributed by atoms with Gasteiger partial charge in [-0.1, -0.05) is 144 Å². The van der Waals surface area contributed by atoms with Gasteiger partial charge in [-0.3, -0.25) is 4.98 Å². The summed E-state index contributed by atoms with van der Waals surface area (Å²) in [5.41, 5.74) is 12.2. The quantitative estimate of drug-likeness (QED) is 0.154. The van der Waals surface area contributed by atoms with Crippen molar-refractivity contribution in [3.63, 3.8) is 0 Å². The molecule has 6 heteroatoms. The van der Waals surface area contributed by atoms with Gasteiger partial charge in [-0.15, -0.1) is 17.8 Å². The van der Waals surface area contributed by atoms with Crippen LogP contribution >= 0.6 is 11.3 Å². The first-order chi connectivity index (χ1) is 33.3. The highest BCUT2D eigenvalue weighted by molar-refractivity contribution is 7.19. The Morgan fingerprint density at radius 3 is 1.70 bits per heavy atom. The molecule has 350 valence electrons. The first-order valence-corrected chi connectivity index (χ1v) is 23.7. The van der Waals surface area contributed by atoms with E-state index in [1.807, 2.05) is 111 Å². The normalized spacial score (nSPS) is 10.3. The zero-order chi connectivity index (χ0) is 49.5. The topological polar surface area (TPSA) is 53.5 Å². The number of aromatic nitrogens is 2. The van der Waals surface area contributed by atoms with E-state index < -0.39 is 0 Å². The van der Waals surface area contributed by atoms with E-state index in [-0.39, 0.29) is 0 Å². The number of benzene rings is 7. The van der Waals surface area contributed by atoms with Gasteiger partial charge < -0.3 is 14.2 Å². The van der Waals surface area contributed by atoms with E-state index in [1.54, 1.807) is 13.3 Å². The van der Waals surface area contributed by atoms with Crippen molar-refractivity contribution in [2.75, 3.05) is 13.9 Å². The molecule has 10 aromatic rings. The summed E-state index contributed by atoms with van der Waals surface area (Å²) in [5, 5.41) is 5.23. The molecule has 69 heavy (non-hydrogen) atoms. The molecular formula is C63H64N2O3S. The van der Waals surface area contributed by atoms with E-state index in [4.69, 9.17) is 20.6 Å². The number of para-hydroxylation sites is 1. The van der Waals surface area contributed by atoms with Crippen molar-refractivity contribution in [1.29, 1.82) is 0 Å². The Hall–Kier alpha value is -7.72. The molecule has 0 aliphatic carbocycles. The number of fused-ring (bicyclic) bond motifs is 4. The van der Waals surface area contributed by atoms with Gasteiger partial charge in [0, 0.05) is 39.0 Å². The maximum Gasteiger partial charge on any atom is 0.231 e. The number of terminal acetylenes is 1. The maximum absolute atomic E-state index is 5.16. The van der Waals surface area contributed by atoms with Crippen molar-refractivity contribution in [2.45, 2.75) is 62.3 Å². The number of thiophene rings is 1. The van der Waals surface area contributed by atoms with Gasteiger partial charge in [0.2, 0.25) is 12.7 Å². The number of nitrogens with zero attached hydrogens (tertiary/aromatic N) is 2. The second-order valence-electron chi connectivity index (χ2n) is 16.8. The number of ether oxygens (including phenoxy) is 3. The predicted octanol–water partition coefficient (Wildman–Crippen LogP) is 16.6. The van der Waals surface area contributed by atoms with Crippen LogP contribution in [0.5, 0.6) is 17.4 Å².